The minimum atomic E-state index is -5.19. The molecule has 0 bridgehead atoms. The lowest BCUT2D eigenvalue weighted by Crippen LogP contribution is -2.60. The molecule has 4 aliphatic rings. The van der Waals surface area contributed by atoms with Crippen LogP contribution in [0.2, 0.25) is 0 Å². The summed E-state index contributed by atoms with van der Waals surface area (Å²) in [5.74, 6) is -14.8. The number of methoxy groups -OCH3 is 5. The molecule has 5 aromatic rings. The molecular formula is C91H113F3N10O38. The zero-order chi connectivity index (χ0) is 107. The van der Waals surface area contributed by atoms with E-state index in [2.05, 4.69) is 55.2 Å². The monoisotopic (exact) mass is 2010 g/mol. The fourth-order valence-corrected chi connectivity index (χ4v) is 12.0. The number of ether oxygens (including phenoxy) is 15. The Morgan fingerprint density at radius 1 is 0.401 bits per heavy atom. The highest BCUT2D eigenvalue weighted by Crippen LogP contribution is 2.31. The van der Waals surface area contributed by atoms with Gasteiger partial charge in [0, 0.05) is 0 Å². The number of pyridine rings is 3. The van der Waals surface area contributed by atoms with E-state index in [0.29, 0.717) is 25.7 Å². The molecule has 9 atom stereocenters. The SMILES string of the molecule is CC(C)(C)OC(=O)N[C@H](CO)C(=O)OCc1ccccc1.COC(=O)[C@@H]1CCCC2C(=O)OC[C@H](NC(=O)C(F)(F)F)C(=O)N21.COC(=O)[C@@H]1CCCC2C(=O)OC[C@H](NC(=O)OC(C)(C)C)C(=O)N21.COC(=O)c1cccc(C(=O)O)n1.COC(=O)c1cccc(C(=O)OC[C@H](NC(=O)OC(C)(C)C)C(=O)O)n1.COC(=O)c1cccc(C(=O)OC[C@H](NC(=O)OC(C)(C)C)C(=O)OCc2ccccc2)n1. The lowest BCUT2D eigenvalue weighted by molar-refractivity contribution is -0.175. The number of halogens is 3. The lowest BCUT2D eigenvalue weighted by Gasteiger charge is -2.38. The normalized spacial score (nSPS) is 17.0. The summed E-state index contributed by atoms with van der Waals surface area (Å²) in [7, 11) is 5.87. The number of hydrogen-bond acceptors (Lipinski definition) is 39. The molecule has 0 radical (unpaired) electrons. The fraction of sp³-hybridized carbons (Fsp3) is 0.484. The molecule has 776 valence electrons. The van der Waals surface area contributed by atoms with Gasteiger partial charge in [-0.1, -0.05) is 78.9 Å². The number of aliphatic hydroxyl groups is 1. The number of carbonyl (C=O) groups excluding carboxylic acids is 18. The molecule has 7 heterocycles. The van der Waals surface area contributed by atoms with Gasteiger partial charge >= 0.3 is 114 Å². The van der Waals surface area contributed by atoms with Gasteiger partial charge in [-0.05, 0) is 169 Å². The van der Waals surface area contributed by atoms with Crippen molar-refractivity contribution >= 4 is 120 Å². The fourth-order valence-electron chi connectivity index (χ4n) is 12.0. The summed E-state index contributed by atoms with van der Waals surface area (Å²) in [5, 5.41) is 37.5. The summed E-state index contributed by atoms with van der Waals surface area (Å²) >= 11 is 0. The number of cyclic esters (lactones) is 2. The molecule has 142 heavy (non-hydrogen) atoms. The maximum Gasteiger partial charge on any atom is 0.471 e. The van der Waals surface area contributed by atoms with E-state index in [1.165, 1.54) is 86.1 Å². The molecule has 48 nitrogen and oxygen atoms in total. The predicted octanol–water partition coefficient (Wildman–Crippen LogP) is 5.72. The number of carbonyl (C=O) groups is 20. The summed E-state index contributed by atoms with van der Waals surface area (Å²) in [6.45, 7) is 17.2. The van der Waals surface area contributed by atoms with E-state index < -0.39 is 229 Å². The maximum absolute atomic E-state index is 12.9. The van der Waals surface area contributed by atoms with Crippen molar-refractivity contribution in [2.75, 3.05) is 68.6 Å². The number of alkyl carbamates (subject to hydrolysis) is 4. The molecule has 4 fully saturated rings. The van der Waals surface area contributed by atoms with Crippen LogP contribution in [0.4, 0.5) is 32.3 Å². The van der Waals surface area contributed by atoms with Crippen molar-refractivity contribution in [1.82, 2.24) is 51.3 Å². The quantitative estimate of drug-likeness (QED) is 0.0256. The molecule has 2 aromatic carbocycles. The number of piperidine rings is 2. The van der Waals surface area contributed by atoms with Crippen LogP contribution >= 0.6 is 0 Å². The van der Waals surface area contributed by atoms with Gasteiger partial charge in [-0.2, -0.15) is 13.2 Å². The number of aliphatic carboxylic acids is 1. The van der Waals surface area contributed by atoms with Gasteiger partial charge in [0.25, 0.3) is 0 Å². The third-order valence-electron chi connectivity index (χ3n) is 18.3. The third kappa shape index (κ3) is 41.1. The number of rotatable bonds is 25. The number of aromatic nitrogens is 3. The summed E-state index contributed by atoms with van der Waals surface area (Å²) in [4.78, 5) is 249. The molecule has 9 rings (SSSR count). The predicted molar refractivity (Wildman–Crippen MR) is 475 cm³/mol. The number of benzene rings is 2. The Labute approximate surface area is 810 Å². The van der Waals surface area contributed by atoms with E-state index in [9.17, 15) is 109 Å². The van der Waals surface area contributed by atoms with Gasteiger partial charge < -0.3 is 123 Å². The van der Waals surface area contributed by atoms with Gasteiger partial charge in [0.15, 0.2) is 18.1 Å². The van der Waals surface area contributed by atoms with E-state index in [0.717, 1.165) is 30.2 Å². The maximum atomic E-state index is 12.9. The van der Waals surface area contributed by atoms with Gasteiger partial charge in [0.1, 0.15) is 132 Å². The van der Waals surface area contributed by atoms with E-state index in [4.69, 9.17) is 67.4 Å². The number of hydrogen-bond donors (Lipinski definition) is 8. The van der Waals surface area contributed by atoms with Crippen molar-refractivity contribution in [3.63, 3.8) is 0 Å². The van der Waals surface area contributed by atoms with Gasteiger partial charge in [0.05, 0.1) is 42.2 Å². The van der Waals surface area contributed by atoms with Crippen molar-refractivity contribution < 1.29 is 195 Å². The molecule has 0 aliphatic carbocycles. The highest BCUT2D eigenvalue weighted by atomic mass is 19.4. The smallest absolute Gasteiger partial charge is 0.471 e. The van der Waals surface area contributed by atoms with E-state index >= 15 is 0 Å². The minimum Gasteiger partial charge on any atom is -0.480 e. The number of fused-ring (bicyclic) bond motifs is 2. The Morgan fingerprint density at radius 2 is 0.718 bits per heavy atom. The average Bonchev–Trinajstić information content (AvgIpc) is 1.61. The standard InChI is InChI=1S/C23H26N2O8.C16H20N2O8.C16H24N2O7.C15H21NO5.C13H15F3N2O6.C8H7NO4/c1-23(2,3)33-22(29)25-18(21(28)31-13-15-9-6-5-7-10-15)14-32-20(27)17-12-8-11-16(24-17)19(26)30-4;1-16(2,3)26-15(23)18-11(12(19)20)8-25-14(22)10-7-5-6-9(17-10)13(21)24-4;1-16(2,3)25-15(22)17-9-8-24-14(21)11-7-5-6-10(13(20)23-4)18(11)12(9)19;1-15(2,3)21-14(19)16-12(9-17)13(18)20-10-11-7-5-4-6-8-11;1-23-10(20)7-3-2-4-8-11(21)24-5-6(9(19)18(7)8)17-12(22)13(14,15)16;1-13-8(12)6-4-2-3-5(9-6)7(10)11/h5-12,18H,13-14H2,1-4H3,(H,25,29);5-7,11H,8H2,1-4H3,(H,18,23)(H,19,20);9-11H,5-8H2,1-4H3,(H,17,22);4-8,12,17H,9-10H2,1-3H3,(H,16,19);6-8H,2-5H2,1H3,(H,17,22);2-4H,1H3,(H,10,11)/t18-;11-;9-,10-,11?;12-;6-,7-,8?;/m00010./s1. The molecule has 0 saturated carbocycles. The van der Waals surface area contributed by atoms with Crippen LogP contribution in [0.3, 0.4) is 0 Å². The summed E-state index contributed by atoms with van der Waals surface area (Å²) < 4.78 is 110. The second-order valence-electron chi connectivity index (χ2n) is 33.9. The van der Waals surface area contributed by atoms with Crippen LogP contribution < -0.4 is 26.6 Å². The van der Waals surface area contributed by atoms with Crippen molar-refractivity contribution in [1.29, 1.82) is 0 Å². The van der Waals surface area contributed by atoms with E-state index in [1.807, 2.05) is 36.4 Å². The Bertz CT molecular complexity index is 5250. The molecule has 7 amide bonds. The average molecular weight is 2010 g/mol. The third-order valence-corrected chi connectivity index (χ3v) is 18.3. The highest BCUT2D eigenvalue weighted by Gasteiger charge is 2.51. The Morgan fingerprint density at radius 3 is 1.05 bits per heavy atom. The first-order chi connectivity index (χ1) is 66.4. The molecule has 3 aromatic heterocycles. The molecule has 51 heteroatoms. The number of nitrogens with zero attached hydrogens (tertiary/aromatic N) is 5. The zero-order valence-electron chi connectivity index (χ0n) is 80.4. The second kappa shape index (κ2) is 55.7. The van der Waals surface area contributed by atoms with Crippen LogP contribution in [0.5, 0.6) is 0 Å². The molecule has 8 N–H and O–H groups in total. The van der Waals surface area contributed by atoms with Crippen LogP contribution in [0.25, 0.3) is 0 Å². The number of carboxylic acids is 2. The molecule has 4 aliphatic heterocycles. The first-order valence-corrected chi connectivity index (χ1v) is 42.9. The Hall–Kier alpha value is -15.8. The van der Waals surface area contributed by atoms with Gasteiger partial charge in [-0.25, -0.2) is 96.5 Å². The Kier molecular flexibility index (Phi) is 46.5. The summed E-state index contributed by atoms with van der Waals surface area (Å²) in [6.07, 6.45) is -6.41. The lowest BCUT2D eigenvalue weighted by atomic mass is 9.95. The van der Waals surface area contributed by atoms with Crippen LogP contribution in [0.1, 0.15) is 196 Å². The zero-order valence-corrected chi connectivity index (χ0v) is 80.4. The minimum absolute atomic E-state index is 0.0117. The van der Waals surface area contributed by atoms with Crippen molar-refractivity contribution in [3.8, 4) is 0 Å². The van der Waals surface area contributed by atoms with Crippen LogP contribution in [0, 0.1) is 0 Å². The Balaban J connectivity index is 0.000000361. The van der Waals surface area contributed by atoms with Gasteiger partial charge in [-0.15, -0.1) is 0 Å². The molecule has 4 saturated heterocycles. The summed E-state index contributed by atoms with van der Waals surface area (Å²) in [5.41, 5.74) is -2.26. The van der Waals surface area contributed by atoms with E-state index in [1.54, 1.807) is 107 Å². The summed E-state index contributed by atoms with van der Waals surface area (Å²) in [6, 6.07) is 19.6. The van der Waals surface area contributed by atoms with Crippen molar-refractivity contribution in [3.05, 3.63) is 161 Å². The number of carboxylic acid groups (broad SMARTS) is 2. The topological polar surface area (TPSA) is 646 Å². The van der Waals surface area contributed by atoms with Crippen LogP contribution in [0.15, 0.2) is 115 Å². The number of amides is 7. The molecular weight excluding hydrogens is 1900 g/mol. The number of aliphatic hydroxyl groups excluding tert-OH is 1. The van der Waals surface area contributed by atoms with Gasteiger partial charge in [0.2, 0.25) is 11.8 Å². The second-order valence-corrected chi connectivity index (χ2v) is 33.9. The number of esters is 11. The highest BCUT2D eigenvalue weighted by molar-refractivity contribution is 5.99. The van der Waals surface area contributed by atoms with E-state index in [-0.39, 0.29) is 66.8 Å². The van der Waals surface area contributed by atoms with Crippen molar-refractivity contribution in [2.24, 2.45) is 0 Å². The van der Waals surface area contributed by atoms with Gasteiger partial charge in [-0.3, -0.25) is 14.4 Å². The van der Waals surface area contributed by atoms with Crippen LogP contribution in [-0.4, -0.2) is 311 Å². The number of alkyl halides is 3. The number of nitrogens with one attached hydrogen (secondary N) is 5. The molecule has 2 unspecified atom stereocenters. The molecule has 0 spiro atoms. The van der Waals surface area contributed by atoms with Crippen molar-refractivity contribution in [2.45, 2.75) is 218 Å². The van der Waals surface area contributed by atoms with Crippen LogP contribution in [-0.2, 0) is 132 Å². The first-order valence-electron chi connectivity index (χ1n) is 42.9. The first kappa shape index (κ1) is 119. The largest absolute Gasteiger partial charge is 0.480 e. The number of aromatic carboxylic acids is 1.